The van der Waals surface area contributed by atoms with E-state index in [-0.39, 0.29) is 81.2 Å². The van der Waals surface area contributed by atoms with Crippen molar-refractivity contribution in [1.82, 2.24) is 34.6 Å². The molecule has 0 saturated carbocycles. The molecule has 5 amide bonds. The summed E-state index contributed by atoms with van der Waals surface area (Å²) in [5.74, 6) is -3.59. The van der Waals surface area contributed by atoms with Crippen molar-refractivity contribution < 1.29 is 76.9 Å². The first-order valence-corrected chi connectivity index (χ1v) is 31.0. The van der Waals surface area contributed by atoms with Gasteiger partial charge in [0.15, 0.2) is 0 Å². The quantitative estimate of drug-likeness (QED) is 0.0659. The molecular weight excluding hydrogens is 1170 g/mol. The predicted octanol–water partition coefficient (Wildman–Crippen LogP) is 5.67. The highest BCUT2D eigenvalue weighted by atomic mass is 35.5. The SMILES string of the molecule is COc1cc2cc(c1Cl)N(C)C(=O)C[C@H](OC(=O)[C@H](C)N(C)C(=O)CCC(=O)N(CCOCCOCCC(=O)O)C1CCN(C(=O)CCn3c4c(c5ccccc53)C(C)N(C)N(C)C4)CC1)[C@]1(C)OC1[C@H](C)[C@H]1OC(=O)NC([C@H](OC)/C=C/C=C(\C)C2)[C@@H]1O. The van der Waals surface area contributed by atoms with Gasteiger partial charge >= 0.3 is 18.0 Å². The zero-order valence-corrected chi connectivity index (χ0v) is 53.9. The molecule has 24 nitrogen and oxygen atoms in total. The van der Waals surface area contributed by atoms with Gasteiger partial charge in [-0.25, -0.2) is 19.6 Å². The van der Waals surface area contributed by atoms with Gasteiger partial charge in [0.05, 0.1) is 76.9 Å². The fourth-order valence-electron chi connectivity index (χ4n) is 12.8. The summed E-state index contributed by atoms with van der Waals surface area (Å²) in [6.07, 6.45) is -0.0879. The average Bonchev–Trinajstić information content (AvgIpc) is 1.60. The van der Waals surface area contributed by atoms with Gasteiger partial charge in [-0.3, -0.25) is 24.0 Å². The number of carboxylic acids is 1. The van der Waals surface area contributed by atoms with E-state index in [1.807, 2.05) is 30.0 Å². The Morgan fingerprint density at radius 2 is 1.64 bits per heavy atom. The number of alkyl carbamates (subject to hydrolysis) is 1. The number of carbonyl (C=O) groups is 7. The molecule has 1 aromatic heterocycles. The number of carboxylic acid groups (broad SMARTS) is 1. The molecule has 3 N–H and O–H groups in total. The third-order valence-corrected chi connectivity index (χ3v) is 18.9. The smallest absolute Gasteiger partial charge is 0.407 e. The third kappa shape index (κ3) is 15.8. The number of likely N-dealkylation sites (N-methyl/N-ethyl adjacent to an activating group) is 1. The van der Waals surface area contributed by atoms with Crippen molar-refractivity contribution in [2.45, 2.75) is 159 Å². The number of nitrogens with one attached hydrogen (secondary N) is 1. The Balaban J connectivity index is 0.937. The topological polar surface area (TPSA) is 264 Å². The van der Waals surface area contributed by atoms with E-state index >= 15 is 0 Å². The van der Waals surface area contributed by atoms with Gasteiger partial charge in [-0.2, -0.15) is 0 Å². The number of hydrogen-bond acceptors (Lipinski definition) is 17. The Morgan fingerprint density at radius 1 is 0.944 bits per heavy atom. The maximum Gasteiger partial charge on any atom is 0.407 e. The van der Waals surface area contributed by atoms with E-state index in [2.05, 4.69) is 53.1 Å². The number of likely N-dealkylation sites (tertiary alicyclic amines) is 1. The van der Waals surface area contributed by atoms with Crippen molar-refractivity contribution in [3.63, 3.8) is 0 Å². The highest BCUT2D eigenvalue weighted by Crippen LogP contribution is 2.49. The van der Waals surface area contributed by atoms with Crippen LogP contribution in [0.15, 0.2) is 60.2 Å². The maximum absolute atomic E-state index is 14.6. The molecule has 8 rings (SSSR count). The van der Waals surface area contributed by atoms with Crippen LogP contribution in [0.5, 0.6) is 5.75 Å². The molecule has 0 radical (unpaired) electrons. The molecule has 5 aliphatic rings. The van der Waals surface area contributed by atoms with Crippen molar-refractivity contribution in [3.05, 3.63) is 82.0 Å². The number of halogens is 1. The predicted molar refractivity (Wildman–Crippen MR) is 330 cm³/mol. The number of aliphatic hydroxyl groups is 1. The summed E-state index contributed by atoms with van der Waals surface area (Å²) in [6.45, 7) is 11.7. The summed E-state index contributed by atoms with van der Waals surface area (Å²) < 4.78 is 43.2. The highest BCUT2D eigenvalue weighted by molar-refractivity contribution is 6.35. The van der Waals surface area contributed by atoms with Crippen LogP contribution in [0.4, 0.5) is 10.5 Å². The fraction of sp³-hybridized carbons (Fsp3) is 0.609. The Kier molecular flexibility index (Phi) is 23.0. The van der Waals surface area contributed by atoms with Crippen LogP contribution in [0.2, 0.25) is 5.02 Å². The minimum absolute atomic E-state index is 0.0194. The standard InChI is InChI=1S/C64H89ClN8O16/c1-38-15-14-18-48(83-10)58-59(80)60(88-63(82)66-58)39(2)61-64(5,89-61)50(36-54(77)69(8)46-34-42(33-38)35-49(84-11)57(46)65)87-62(81)41(4)68(7)51(74)19-20-53(76)72(28-30-86-32-31-85-29-24-55(78)79)43-21-25-71(26-22-43)52(75)23-27-73-45-17-13-12-16-44(45)56-40(3)70(9)67(6)37-47(56)73/h12-18,34-35,39-41,43,48,50,58-61,80H,19-33,36-37H2,1-11H3,(H,66,82)(H,78,79)/b18-14+,38-15+/t39-,40?,41+,48-,50+,58?,59+,60-,61?,64+/m1/s1. The van der Waals surface area contributed by atoms with Crippen LogP contribution >= 0.6 is 11.6 Å². The highest BCUT2D eigenvalue weighted by Gasteiger charge is 2.65. The monoisotopic (exact) mass is 1260 g/mol. The second kappa shape index (κ2) is 30.0. The number of esters is 1. The minimum Gasteiger partial charge on any atom is -0.495 e. The molecule has 5 aliphatic heterocycles. The third-order valence-electron chi connectivity index (χ3n) is 18.5. The van der Waals surface area contributed by atoms with Crippen LogP contribution in [0.1, 0.15) is 102 Å². The fourth-order valence-corrected chi connectivity index (χ4v) is 13.1. The molecule has 3 saturated heterocycles. The van der Waals surface area contributed by atoms with E-state index in [0.29, 0.717) is 63.3 Å². The minimum atomic E-state index is -1.38. The molecule has 0 spiro atoms. The van der Waals surface area contributed by atoms with Crippen LogP contribution in [0.25, 0.3) is 10.9 Å². The van der Waals surface area contributed by atoms with Gasteiger partial charge in [0.25, 0.3) is 0 Å². The number of methoxy groups -OCH3 is 2. The lowest BCUT2D eigenvalue weighted by atomic mass is 9.83. The number of hydrazine groups is 1. The maximum atomic E-state index is 14.6. The van der Waals surface area contributed by atoms with Gasteiger partial charge in [-0.05, 0) is 70.7 Å². The van der Waals surface area contributed by atoms with Gasteiger partial charge in [0, 0.05) is 121 Å². The zero-order chi connectivity index (χ0) is 64.6. The van der Waals surface area contributed by atoms with E-state index in [0.717, 1.165) is 16.7 Å². The molecule has 3 fully saturated rings. The number of aromatic nitrogens is 1. The summed E-state index contributed by atoms with van der Waals surface area (Å²) in [5.41, 5.74) is 4.21. The lowest BCUT2D eigenvalue weighted by Gasteiger charge is -2.40. The van der Waals surface area contributed by atoms with Crippen molar-refractivity contribution in [2.24, 2.45) is 5.92 Å². The molecule has 25 heteroatoms. The first-order valence-electron chi connectivity index (χ1n) is 30.7. The number of aliphatic hydroxyl groups excluding tert-OH is 1. The summed E-state index contributed by atoms with van der Waals surface area (Å²) in [4.78, 5) is 102. The number of rotatable bonds is 21. The van der Waals surface area contributed by atoms with Gasteiger partial charge in [-0.15, -0.1) is 0 Å². The largest absolute Gasteiger partial charge is 0.495 e. The molecule has 3 aromatic rings. The normalized spacial score (nSPS) is 26.6. The van der Waals surface area contributed by atoms with Crippen LogP contribution in [0.3, 0.4) is 0 Å². The molecule has 6 heterocycles. The summed E-state index contributed by atoms with van der Waals surface area (Å²) in [7, 11) is 10.1. The van der Waals surface area contributed by atoms with Crippen LogP contribution < -0.4 is 15.0 Å². The van der Waals surface area contributed by atoms with E-state index in [4.69, 9.17) is 49.9 Å². The number of aryl methyl sites for hydroxylation is 1. The number of aliphatic carboxylic acids is 1. The second-order valence-corrected chi connectivity index (χ2v) is 24.6. The van der Waals surface area contributed by atoms with Crippen LogP contribution in [-0.4, -0.2) is 224 Å². The van der Waals surface area contributed by atoms with Crippen LogP contribution in [-0.2, 0) is 76.7 Å². The van der Waals surface area contributed by atoms with Gasteiger partial charge in [0.1, 0.15) is 40.7 Å². The second-order valence-electron chi connectivity index (χ2n) is 24.2. The zero-order valence-electron chi connectivity index (χ0n) is 53.1. The number of hydrogen-bond donors (Lipinski definition) is 3. The van der Waals surface area contributed by atoms with Gasteiger partial charge < -0.3 is 72.9 Å². The molecule has 488 valence electrons. The van der Waals surface area contributed by atoms with Crippen molar-refractivity contribution >= 4 is 69.9 Å². The number of epoxide rings is 1. The number of benzene rings is 2. The summed E-state index contributed by atoms with van der Waals surface area (Å²) in [6, 6.07) is 9.60. The van der Waals surface area contributed by atoms with E-state index in [1.54, 1.807) is 50.1 Å². The summed E-state index contributed by atoms with van der Waals surface area (Å²) in [5, 5.41) is 29.3. The number of amides is 5. The number of anilines is 1. The number of fused-ring (bicyclic) bond motifs is 8. The number of allylic oxidation sites excluding steroid dienone is 3. The summed E-state index contributed by atoms with van der Waals surface area (Å²) >= 11 is 6.88. The van der Waals surface area contributed by atoms with Gasteiger partial charge in [-0.1, -0.05) is 60.5 Å². The first kappa shape index (κ1) is 68.3. The first-order chi connectivity index (χ1) is 42.4. The van der Waals surface area contributed by atoms with Crippen molar-refractivity contribution in [3.8, 4) is 5.75 Å². The Morgan fingerprint density at radius 3 is 2.34 bits per heavy atom. The molecule has 3 unspecified atom stereocenters. The molecular formula is C64H89ClN8O16. The molecule has 10 atom stereocenters. The molecule has 4 bridgehead atoms. The average molecular weight is 1260 g/mol. The Bertz CT molecular complexity index is 3130. The van der Waals surface area contributed by atoms with E-state index < -0.39 is 90.4 Å². The molecule has 0 aliphatic carbocycles. The number of para-hydroxylation sites is 1. The Labute approximate surface area is 525 Å². The van der Waals surface area contributed by atoms with Gasteiger partial charge in [0.2, 0.25) is 23.6 Å². The Hall–Kier alpha value is -6.64. The lowest BCUT2D eigenvalue weighted by Crippen LogP contribution is -2.62. The molecule has 89 heavy (non-hydrogen) atoms. The van der Waals surface area contributed by atoms with E-state index in [1.165, 1.54) is 54.6 Å². The number of ether oxygens (including phenoxy) is 7. The van der Waals surface area contributed by atoms with E-state index in [9.17, 15) is 38.7 Å². The number of piperidine rings is 1. The van der Waals surface area contributed by atoms with Crippen LogP contribution in [0, 0.1) is 5.92 Å². The molecule has 2 aromatic carbocycles. The van der Waals surface area contributed by atoms with Crippen molar-refractivity contribution in [1.29, 1.82) is 0 Å². The number of carbonyl (C=O) groups excluding carboxylic acids is 6. The lowest BCUT2D eigenvalue weighted by molar-refractivity contribution is -0.162. The number of nitrogens with zero attached hydrogens (tertiary/aromatic N) is 7. The van der Waals surface area contributed by atoms with Crippen molar-refractivity contribution in [2.75, 3.05) is 93.4 Å².